The van der Waals surface area contributed by atoms with Crippen molar-refractivity contribution in [3.8, 4) is 0 Å². The zero-order valence-electron chi connectivity index (χ0n) is 12.5. The lowest BCUT2D eigenvalue weighted by Crippen LogP contribution is -2.38. The molecule has 0 amide bonds. The number of sulfone groups is 1. The Morgan fingerprint density at radius 1 is 1.16 bits per heavy atom. The van der Waals surface area contributed by atoms with Gasteiger partial charge in [0.1, 0.15) is 0 Å². The molecule has 11 heteroatoms. The summed E-state index contributed by atoms with van der Waals surface area (Å²) in [4.78, 5) is 40.1. The lowest BCUT2D eigenvalue weighted by Gasteiger charge is -2.11. The maximum absolute atomic E-state index is 12.4. The average molecular weight is 367 g/mol. The Morgan fingerprint density at radius 2 is 1.80 bits per heavy atom. The smallest absolute Gasteiger partial charge is 0.336 e. The Hall–Kier alpha value is -3.05. The van der Waals surface area contributed by atoms with Gasteiger partial charge in [0, 0.05) is 12.6 Å². The van der Waals surface area contributed by atoms with Crippen molar-refractivity contribution in [1.82, 2.24) is 9.97 Å². The second-order valence-electron chi connectivity index (χ2n) is 5.01. The highest BCUT2D eigenvalue weighted by Crippen LogP contribution is 2.19. The van der Waals surface area contributed by atoms with Gasteiger partial charge in [-0.15, -0.1) is 0 Å². The van der Waals surface area contributed by atoms with Crippen LogP contribution in [0.15, 0.2) is 35.6 Å². The van der Waals surface area contributed by atoms with Crippen molar-refractivity contribution >= 4 is 26.9 Å². The quantitative estimate of drug-likeness (QED) is 0.531. The molecular weight excluding hydrogens is 354 g/mol. The van der Waals surface area contributed by atoms with Gasteiger partial charge in [-0.25, -0.2) is 23.0 Å². The minimum Gasteiger partial charge on any atom is -0.478 e. The van der Waals surface area contributed by atoms with Gasteiger partial charge in [-0.05, 0) is 18.2 Å². The van der Waals surface area contributed by atoms with E-state index in [2.05, 4.69) is 9.97 Å². The Kier molecular flexibility index (Phi) is 4.99. The first-order valence-corrected chi connectivity index (χ1v) is 8.25. The predicted molar refractivity (Wildman–Crippen MR) is 82.8 cm³/mol. The van der Waals surface area contributed by atoms with Gasteiger partial charge in [-0.1, -0.05) is 0 Å². The highest BCUT2D eigenvalue weighted by atomic mass is 32.2. The van der Waals surface area contributed by atoms with E-state index < -0.39 is 49.0 Å². The first-order chi connectivity index (χ1) is 11.6. The summed E-state index contributed by atoms with van der Waals surface area (Å²) in [7, 11) is -4.60. The number of hydrogen-bond donors (Lipinski definition) is 4. The molecule has 0 bridgehead atoms. The molecule has 0 saturated heterocycles. The van der Waals surface area contributed by atoms with Crippen molar-refractivity contribution in [3.05, 3.63) is 47.5 Å². The van der Waals surface area contributed by atoms with Crippen molar-refractivity contribution in [3.63, 3.8) is 0 Å². The molecule has 5 N–H and O–H groups in total. The van der Waals surface area contributed by atoms with E-state index in [-0.39, 0.29) is 6.42 Å². The number of nitrogens with one attached hydrogen (secondary N) is 1. The number of carboxylic acid groups (broad SMARTS) is 2. The Bertz CT molecular complexity index is 935. The monoisotopic (exact) mass is 367 g/mol. The second kappa shape index (κ2) is 6.83. The third-order valence-electron chi connectivity index (χ3n) is 3.31. The van der Waals surface area contributed by atoms with Crippen LogP contribution in [0.25, 0.3) is 0 Å². The number of H-pyrrole nitrogens is 1. The molecule has 0 aliphatic heterocycles. The van der Waals surface area contributed by atoms with Crippen LogP contribution in [0.5, 0.6) is 0 Å². The summed E-state index contributed by atoms with van der Waals surface area (Å²) in [5.74, 6) is -3.18. The molecule has 0 aliphatic rings. The van der Waals surface area contributed by atoms with Crippen LogP contribution in [-0.2, 0) is 21.1 Å². The Labute approximate surface area is 141 Å². The fourth-order valence-electron chi connectivity index (χ4n) is 2.08. The molecule has 1 aromatic carbocycles. The van der Waals surface area contributed by atoms with Crippen molar-refractivity contribution in [2.75, 3.05) is 0 Å². The first-order valence-electron chi connectivity index (χ1n) is 6.77. The zero-order valence-corrected chi connectivity index (χ0v) is 13.4. The van der Waals surface area contributed by atoms with Gasteiger partial charge in [0.25, 0.3) is 5.12 Å². The summed E-state index contributed by atoms with van der Waals surface area (Å²) in [6.07, 6.45) is 2.65. The van der Waals surface area contributed by atoms with Gasteiger partial charge >= 0.3 is 11.9 Å². The highest BCUT2D eigenvalue weighted by molar-refractivity contribution is 8.06. The number of carbonyl (C=O) groups excluding carboxylic acids is 1. The molecule has 0 saturated carbocycles. The molecule has 0 aliphatic carbocycles. The summed E-state index contributed by atoms with van der Waals surface area (Å²) in [5, 5.41) is 16.7. The number of nitrogens with zero attached hydrogens (tertiary/aromatic N) is 1. The van der Waals surface area contributed by atoms with Crippen LogP contribution in [0, 0.1) is 0 Å². The van der Waals surface area contributed by atoms with Crippen molar-refractivity contribution < 1.29 is 33.0 Å². The number of rotatable bonds is 6. The maximum atomic E-state index is 12.4. The fraction of sp³-hybridized carbons (Fsp3) is 0.143. The van der Waals surface area contributed by atoms with Gasteiger partial charge < -0.3 is 20.9 Å². The van der Waals surface area contributed by atoms with Gasteiger partial charge in [0.15, 0.2) is 0 Å². The molecule has 1 heterocycles. The summed E-state index contributed by atoms with van der Waals surface area (Å²) < 4.78 is 24.7. The van der Waals surface area contributed by atoms with E-state index in [1.807, 2.05) is 0 Å². The van der Waals surface area contributed by atoms with Gasteiger partial charge in [-0.3, -0.25) is 4.79 Å². The molecule has 0 fully saturated rings. The number of imidazole rings is 1. The molecule has 2 aromatic rings. The number of nitrogens with two attached hydrogens (primary N) is 1. The van der Waals surface area contributed by atoms with Crippen molar-refractivity contribution in [2.24, 2.45) is 5.73 Å². The predicted octanol–water partition coefficient (Wildman–Crippen LogP) is -0.324. The van der Waals surface area contributed by atoms with E-state index in [4.69, 9.17) is 15.9 Å². The normalized spacial score (nSPS) is 12.5. The SMILES string of the molecule is N[C@@H](Cc1c[nH]cn1)C(=O)S(=O)(=O)c1ccc(C(=O)O)c(C(=O)O)c1. The summed E-state index contributed by atoms with van der Waals surface area (Å²) >= 11 is 0. The van der Waals surface area contributed by atoms with E-state index in [9.17, 15) is 22.8 Å². The van der Waals surface area contributed by atoms with Gasteiger partial charge in [0.05, 0.1) is 34.1 Å². The molecule has 0 unspecified atom stereocenters. The largest absolute Gasteiger partial charge is 0.478 e. The molecule has 0 radical (unpaired) electrons. The molecule has 10 nitrogen and oxygen atoms in total. The van der Waals surface area contributed by atoms with E-state index in [1.54, 1.807) is 0 Å². The van der Waals surface area contributed by atoms with Crippen LogP contribution in [0.2, 0.25) is 0 Å². The molecule has 1 atom stereocenters. The molecule has 1 aromatic heterocycles. The minimum atomic E-state index is -4.60. The van der Waals surface area contributed by atoms with Crippen LogP contribution < -0.4 is 5.73 Å². The molecule has 0 spiro atoms. The maximum Gasteiger partial charge on any atom is 0.336 e. The number of carbonyl (C=O) groups is 3. The fourth-order valence-corrected chi connectivity index (χ4v) is 3.31. The number of benzene rings is 1. The molecular formula is C14H13N3O7S. The van der Waals surface area contributed by atoms with Crippen LogP contribution >= 0.6 is 0 Å². The number of aromatic amines is 1. The Morgan fingerprint density at radius 3 is 2.32 bits per heavy atom. The van der Waals surface area contributed by atoms with E-state index in [1.165, 1.54) is 12.5 Å². The van der Waals surface area contributed by atoms with Gasteiger partial charge in [-0.2, -0.15) is 0 Å². The highest BCUT2D eigenvalue weighted by Gasteiger charge is 2.32. The van der Waals surface area contributed by atoms with E-state index in [0.717, 1.165) is 12.1 Å². The summed E-state index contributed by atoms with van der Waals surface area (Å²) in [5.41, 5.74) is 4.65. The molecule has 25 heavy (non-hydrogen) atoms. The lowest BCUT2D eigenvalue weighted by molar-refractivity contribution is -0.112. The number of aromatic nitrogens is 2. The Balaban J connectivity index is 2.38. The third-order valence-corrected chi connectivity index (χ3v) is 5.02. The van der Waals surface area contributed by atoms with Gasteiger partial charge in [0.2, 0.25) is 9.84 Å². The van der Waals surface area contributed by atoms with Crippen LogP contribution in [0.3, 0.4) is 0 Å². The lowest BCUT2D eigenvalue weighted by atomic mass is 10.1. The van der Waals surface area contributed by atoms with Crippen LogP contribution in [0.4, 0.5) is 0 Å². The standard InChI is InChI=1S/C14H13N3O7S/c15-11(3-7-5-16-6-17-7)14(22)25(23,24)8-1-2-9(12(18)19)10(4-8)13(20)21/h1-2,4-6,11H,3,15H2,(H,16,17)(H,18,19)(H,20,21)/t11-/m0/s1. The molecule has 2 rings (SSSR count). The number of aromatic carboxylic acids is 2. The van der Waals surface area contributed by atoms with Crippen molar-refractivity contribution in [1.29, 1.82) is 0 Å². The minimum absolute atomic E-state index is 0.138. The van der Waals surface area contributed by atoms with Crippen molar-refractivity contribution in [2.45, 2.75) is 17.4 Å². The van der Waals surface area contributed by atoms with E-state index >= 15 is 0 Å². The van der Waals surface area contributed by atoms with Crippen LogP contribution in [0.1, 0.15) is 26.4 Å². The summed E-state index contributed by atoms with van der Waals surface area (Å²) in [6, 6.07) is 0.872. The average Bonchev–Trinajstić information content (AvgIpc) is 3.06. The first kappa shape index (κ1) is 18.3. The summed E-state index contributed by atoms with van der Waals surface area (Å²) in [6.45, 7) is 0. The second-order valence-corrected chi connectivity index (χ2v) is 6.89. The topological polar surface area (TPSA) is 181 Å². The molecule has 132 valence electrons. The van der Waals surface area contributed by atoms with Crippen LogP contribution in [-0.4, -0.2) is 51.7 Å². The zero-order chi connectivity index (χ0) is 18.8. The number of hydrogen-bond acceptors (Lipinski definition) is 7. The third kappa shape index (κ3) is 3.72. The van der Waals surface area contributed by atoms with E-state index in [0.29, 0.717) is 11.8 Å². The number of carboxylic acids is 2.